The monoisotopic (exact) mass is 260 g/mol. The van der Waals surface area contributed by atoms with Crippen LogP contribution in [0.4, 0.5) is 5.82 Å². The van der Waals surface area contributed by atoms with Crippen molar-refractivity contribution in [2.24, 2.45) is 7.05 Å². The molecule has 5 nitrogen and oxygen atoms in total. The van der Waals surface area contributed by atoms with Crippen LogP contribution in [0.15, 0.2) is 18.3 Å². The Balaban J connectivity index is 0.000000528. The fourth-order valence-electron chi connectivity index (χ4n) is 2.85. The lowest BCUT2D eigenvalue weighted by Gasteiger charge is -2.27. The van der Waals surface area contributed by atoms with Gasteiger partial charge in [0.1, 0.15) is 5.82 Å². The van der Waals surface area contributed by atoms with Crippen molar-refractivity contribution in [2.75, 3.05) is 18.1 Å². The molecule has 0 aromatic carbocycles. The van der Waals surface area contributed by atoms with Crippen LogP contribution < -0.4 is 4.90 Å². The minimum atomic E-state index is 0.407. The Kier molecular flexibility index (Phi) is 3.14. The predicted octanol–water partition coefficient (Wildman–Crippen LogP) is 1.97. The number of ether oxygens (including phenoxy) is 1. The third-order valence-corrected chi connectivity index (χ3v) is 3.76. The summed E-state index contributed by atoms with van der Waals surface area (Å²) in [5.74, 6) is 1.05. The number of hydrogen-bond acceptors (Lipinski definition) is 4. The quantitative estimate of drug-likeness (QED) is 0.786. The number of morpholine rings is 1. The van der Waals surface area contributed by atoms with E-state index in [-0.39, 0.29) is 0 Å². The molecular formula is C14H20N4O. The molecule has 102 valence electrons. The predicted molar refractivity (Wildman–Crippen MR) is 75.3 cm³/mol. The number of anilines is 1. The molecule has 2 aromatic heterocycles. The Morgan fingerprint density at radius 3 is 2.84 bits per heavy atom. The molecule has 2 saturated heterocycles. The fraction of sp³-hybridized carbons (Fsp3) is 0.571. The Morgan fingerprint density at radius 2 is 2.16 bits per heavy atom. The summed E-state index contributed by atoms with van der Waals surface area (Å²) in [6.45, 7) is 5.82. The van der Waals surface area contributed by atoms with E-state index in [0.717, 1.165) is 36.4 Å². The highest BCUT2D eigenvalue weighted by molar-refractivity contribution is 5.76. The van der Waals surface area contributed by atoms with Crippen molar-refractivity contribution in [3.05, 3.63) is 18.3 Å². The van der Waals surface area contributed by atoms with E-state index >= 15 is 0 Å². The van der Waals surface area contributed by atoms with Gasteiger partial charge in [-0.15, -0.1) is 0 Å². The highest BCUT2D eigenvalue weighted by atomic mass is 16.5. The number of nitrogens with zero attached hydrogens (tertiary/aromatic N) is 4. The maximum atomic E-state index is 5.61. The molecule has 19 heavy (non-hydrogen) atoms. The number of pyridine rings is 1. The maximum absolute atomic E-state index is 5.61. The molecule has 4 heterocycles. The van der Waals surface area contributed by atoms with E-state index in [9.17, 15) is 0 Å². The number of aryl methyl sites for hydroxylation is 1. The molecule has 0 spiro atoms. The van der Waals surface area contributed by atoms with Gasteiger partial charge in [-0.05, 0) is 18.6 Å². The molecule has 2 unspecified atom stereocenters. The van der Waals surface area contributed by atoms with Gasteiger partial charge in [0, 0.05) is 19.0 Å². The standard InChI is InChI=1S/C12H14N4O.C2H6/c1-15-12-8(5-13-15)2-3-11(14-12)16-6-10-4-9(16)7-17-10;1-2/h2-3,5,9-10H,4,6-7H2,1H3;1-2H3. The topological polar surface area (TPSA) is 43.2 Å². The van der Waals surface area contributed by atoms with Crippen molar-refractivity contribution in [3.63, 3.8) is 0 Å². The zero-order chi connectivity index (χ0) is 13.4. The van der Waals surface area contributed by atoms with Crippen LogP contribution in [0, 0.1) is 0 Å². The van der Waals surface area contributed by atoms with E-state index < -0.39 is 0 Å². The van der Waals surface area contributed by atoms with Gasteiger partial charge < -0.3 is 9.64 Å². The number of rotatable bonds is 1. The van der Waals surface area contributed by atoms with Crippen molar-refractivity contribution in [1.29, 1.82) is 0 Å². The molecule has 0 N–H and O–H groups in total. The van der Waals surface area contributed by atoms with Crippen LogP contribution in [-0.4, -0.2) is 40.1 Å². The average molecular weight is 260 g/mol. The van der Waals surface area contributed by atoms with Crippen LogP contribution in [0.25, 0.3) is 11.0 Å². The Bertz CT molecular complexity index is 580. The maximum Gasteiger partial charge on any atom is 0.159 e. The smallest absolute Gasteiger partial charge is 0.159 e. The van der Waals surface area contributed by atoms with Crippen LogP contribution >= 0.6 is 0 Å². The fourth-order valence-corrected chi connectivity index (χ4v) is 2.85. The van der Waals surface area contributed by atoms with Gasteiger partial charge in [-0.2, -0.15) is 5.10 Å². The van der Waals surface area contributed by atoms with Gasteiger partial charge in [0.25, 0.3) is 0 Å². The number of aromatic nitrogens is 3. The van der Waals surface area contributed by atoms with E-state index in [2.05, 4.69) is 22.1 Å². The van der Waals surface area contributed by atoms with E-state index in [1.54, 1.807) is 0 Å². The summed E-state index contributed by atoms with van der Waals surface area (Å²) < 4.78 is 7.44. The van der Waals surface area contributed by atoms with Crippen molar-refractivity contribution in [3.8, 4) is 0 Å². The zero-order valence-electron chi connectivity index (χ0n) is 11.7. The third kappa shape index (κ3) is 1.98. The van der Waals surface area contributed by atoms with Crippen molar-refractivity contribution >= 4 is 16.9 Å². The zero-order valence-corrected chi connectivity index (χ0v) is 11.7. The highest BCUT2D eigenvalue weighted by Gasteiger charge is 2.39. The Morgan fingerprint density at radius 1 is 1.32 bits per heavy atom. The van der Waals surface area contributed by atoms with Gasteiger partial charge in [0.15, 0.2) is 5.65 Å². The first-order valence-corrected chi connectivity index (χ1v) is 6.98. The lowest BCUT2D eigenvalue weighted by molar-refractivity contribution is 0.0989. The van der Waals surface area contributed by atoms with Gasteiger partial charge in [0.05, 0.1) is 24.9 Å². The summed E-state index contributed by atoms with van der Waals surface area (Å²) in [5.41, 5.74) is 0.950. The lowest BCUT2D eigenvalue weighted by Crippen LogP contribution is -2.37. The molecule has 2 aliphatic rings. The van der Waals surface area contributed by atoms with Gasteiger partial charge in [0.2, 0.25) is 0 Å². The molecule has 0 amide bonds. The second-order valence-electron chi connectivity index (χ2n) is 4.85. The molecule has 2 bridgehead atoms. The Labute approximate surface area is 113 Å². The molecule has 2 aromatic rings. The second-order valence-corrected chi connectivity index (χ2v) is 4.85. The summed E-state index contributed by atoms with van der Waals surface area (Å²) in [6.07, 6.45) is 3.40. The van der Waals surface area contributed by atoms with Gasteiger partial charge in [-0.1, -0.05) is 13.8 Å². The minimum absolute atomic E-state index is 0.407. The largest absolute Gasteiger partial charge is 0.374 e. The molecule has 2 fully saturated rings. The van der Waals surface area contributed by atoms with Crippen LogP contribution in [-0.2, 0) is 11.8 Å². The molecule has 2 atom stereocenters. The van der Waals surface area contributed by atoms with E-state index in [0.29, 0.717) is 12.1 Å². The van der Waals surface area contributed by atoms with Crippen molar-refractivity contribution < 1.29 is 4.74 Å². The highest BCUT2D eigenvalue weighted by Crippen LogP contribution is 2.32. The SMILES string of the molecule is CC.Cn1ncc2ccc(N3CC4CC3CO4)nc21. The van der Waals surface area contributed by atoms with Gasteiger partial charge in [-0.25, -0.2) is 4.98 Å². The molecular weight excluding hydrogens is 240 g/mol. The molecule has 0 aliphatic carbocycles. The van der Waals surface area contributed by atoms with Crippen LogP contribution in [0.3, 0.4) is 0 Å². The van der Waals surface area contributed by atoms with E-state index in [4.69, 9.17) is 9.72 Å². The third-order valence-electron chi connectivity index (χ3n) is 3.76. The summed E-state index contributed by atoms with van der Waals surface area (Å²) in [5, 5.41) is 5.32. The van der Waals surface area contributed by atoms with Gasteiger partial charge >= 0.3 is 0 Å². The summed E-state index contributed by atoms with van der Waals surface area (Å²) in [7, 11) is 1.93. The minimum Gasteiger partial charge on any atom is -0.374 e. The number of fused-ring (bicyclic) bond motifs is 3. The summed E-state index contributed by atoms with van der Waals surface area (Å²) >= 11 is 0. The summed E-state index contributed by atoms with van der Waals surface area (Å²) in [4.78, 5) is 7.07. The molecule has 0 saturated carbocycles. The first-order chi connectivity index (χ1) is 9.31. The van der Waals surface area contributed by atoms with Crippen LogP contribution in [0.2, 0.25) is 0 Å². The average Bonchev–Trinajstić information content (AvgIpc) is 3.17. The van der Waals surface area contributed by atoms with E-state index in [1.807, 2.05) is 31.8 Å². The van der Waals surface area contributed by atoms with Crippen LogP contribution in [0.5, 0.6) is 0 Å². The van der Waals surface area contributed by atoms with Crippen molar-refractivity contribution in [1.82, 2.24) is 14.8 Å². The first-order valence-electron chi connectivity index (χ1n) is 6.98. The Hall–Kier alpha value is -1.62. The number of hydrogen-bond donors (Lipinski definition) is 0. The van der Waals surface area contributed by atoms with Crippen molar-refractivity contribution in [2.45, 2.75) is 32.4 Å². The normalized spacial score (nSPS) is 24.7. The second kappa shape index (κ2) is 4.81. The first kappa shape index (κ1) is 12.4. The lowest BCUT2D eigenvalue weighted by atomic mass is 10.2. The molecule has 4 rings (SSSR count). The molecule has 0 radical (unpaired) electrons. The van der Waals surface area contributed by atoms with E-state index in [1.165, 1.54) is 0 Å². The summed E-state index contributed by atoms with van der Waals surface area (Å²) in [6, 6.07) is 4.69. The van der Waals surface area contributed by atoms with Gasteiger partial charge in [-0.3, -0.25) is 4.68 Å². The van der Waals surface area contributed by atoms with Crippen LogP contribution in [0.1, 0.15) is 20.3 Å². The molecule has 2 aliphatic heterocycles. The molecule has 5 heteroatoms.